The Kier molecular flexibility index (Phi) is 6.80. The van der Waals surface area contributed by atoms with Crippen molar-refractivity contribution in [3.05, 3.63) is 0 Å². The highest BCUT2D eigenvalue weighted by Crippen LogP contribution is 2.26. The zero-order chi connectivity index (χ0) is 14.3. The maximum absolute atomic E-state index is 11.5. The van der Waals surface area contributed by atoms with Gasteiger partial charge in [0.2, 0.25) is 0 Å². The Bertz CT molecular complexity index is 301. The fourth-order valence-electron chi connectivity index (χ4n) is 2.61. The molecule has 0 heterocycles. The largest absolute Gasteiger partial charge is 0.480 e. The lowest BCUT2D eigenvalue weighted by molar-refractivity contribution is -0.147. The Morgan fingerprint density at radius 1 is 1.26 bits per heavy atom. The maximum atomic E-state index is 11.5. The molecule has 1 rings (SSSR count). The monoisotopic (exact) mass is 272 g/mol. The molecule has 6 heteroatoms. The molecule has 1 aliphatic rings. The Balaban J connectivity index is 2.53. The molecule has 19 heavy (non-hydrogen) atoms. The van der Waals surface area contributed by atoms with Crippen molar-refractivity contribution in [1.82, 2.24) is 4.90 Å². The minimum atomic E-state index is -0.912. The highest BCUT2D eigenvalue weighted by Gasteiger charge is 2.28. The van der Waals surface area contributed by atoms with Crippen LogP contribution in [0.5, 0.6) is 0 Å². The van der Waals surface area contributed by atoms with Crippen LogP contribution in [0.25, 0.3) is 0 Å². The van der Waals surface area contributed by atoms with Crippen LogP contribution in [0.1, 0.15) is 32.6 Å². The molecule has 0 radical (unpaired) electrons. The third kappa shape index (κ3) is 5.57. The summed E-state index contributed by atoms with van der Waals surface area (Å²) in [6, 6.07) is 0.142. The van der Waals surface area contributed by atoms with E-state index < -0.39 is 5.97 Å². The van der Waals surface area contributed by atoms with E-state index in [2.05, 4.69) is 0 Å². The smallest absolute Gasteiger partial charge is 0.320 e. The van der Waals surface area contributed by atoms with Gasteiger partial charge in [-0.1, -0.05) is 0 Å². The van der Waals surface area contributed by atoms with Crippen LogP contribution in [0, 0.1) is 5.92 Å². The van der Waals surface area contributed by atoms with Crippen LogP contribution in [0.3, 0.4) is 0 Å². The van der Waals surface area contributed by atoms with Gasteiger partial charge in [0.15, 0.2) is 0 Å². The fourth-order valence-corrected chi connectivity index (χ4v) is 2.61. The second kappa shape index (κ2) is 8.12. The summed E-state index contributed by atoms with van der Waals surface area (Å²) in [5.41, 5.74) is 5.64. The van der Waals surface area contributed by atoms with Crippen molar-refractivity contribution in [2.24, 2.45) is 11.7 Å². The van der Waals surface area contributed by atoms with E-state index in [4.69, 9.17) is 15.6 Å². The van der Waals surface area contributed by atoms with Crippen LogP contribution in [-0.2, 0) is 14.3 Å². The summed E-state index contributed by atoms with van der Waals surface area (Å²) in [5.74, 6) is -0.736. The first-order valence-corrected chi connectivity index (χ1v) is 6.88. The Labute approximate surface area is 113 Å². The summed E-state index contributed by atoms with van der Waals surface area (Å²) in [6.07, 6.45) is 3.79. The van der Waals surface area contributed by atoms with E-state index in [-0.39, 0.29) is 25.1 Å². The molecule has 0 bridgehead atoms. The summed E-state index contributed by atoms with van der Waals surface area (Å²) in [4.78, 5) is 24.1. The molecule has 0 atom stereocenters. The SMILES string of the molecule is CCOC(=O)CN(CC(=O)O)C1CCC(CN)CC1. The average Bonchev–Trinajstić information content (AvgIpc) is 2.38. The molecule has 0 amide bonds. The number of rotatable bonds is 7. The Hall–Kier alpha value is -1.14. The molecule has 1 saturated carbocycles. The minimum absolute atomic E-state index is 0.0537. The lowest BCUT2D eigenvalue weighted by Gasteiger charge is -2.35. The van der Waals surface area contributed by atoms with Crippen molar-refractivity contribution < 1.29 is 19.4 Å². The molecule has 3 N–H and O–H groups in total. The Morgan fingerprint density at radius 3 is 2.37 bits per heavy atom. The van der Waals surface area contributed by atoms with E-state index in [1.165, 1.54) is 0 Å². The van der Waals surface area contributed by atoms with Gasteiger partial charge < -0.3 is 15.6 Å². The third-order valence-electron chi connectivity index (χ3n) is 3.64. The lowest BCUT2D eigenvalue weighted by Crippen LogP contribution is -2.44. The zero-order valence-corrected chi connectivity index (χ0v) is 11.5. The molecule has 0 aromatic rings. The molecule has 0 aliphatic heterocycles. The number of esters is 1. The molecule has 6 nitrogen and oxygen atoms in total. The highest BCUT2D eigenvalue weighted by molar-refractivity contribution is 5.74. The van der Waals surface area contributed by atoms with Gasteiger partial charge in [-0.15, -0.1) is 0 Å². The number of carbonyl (C=O) groups is 2. The standard InChI is InChI=1S/C13H24N2O4/c1-2-19-13(18)9-15(8-12(16)17)11-5-3-10(7-14)4-6-11/h10-11H,2-9,14H2,1H3,(H,16,17). The molecule has 0 saturated heterocycles. The number of nitrogens with zero attached hydrogens (tertiary/aromatic N) is 1. The van der Waals surface area contributed by atoms with Crippen molar-refractivity contribution in [3.8, 4) is 0 Å². The summed E-state index contributed by atoms with van der Waals surface area (Å²) in [6.45, 7) is 2.68. The molecule has 1 aliphatic carbocycles. The molecular formula is C13H24N2O4. The molecule has 0 aromatic heterocycles. The van der Waals surface area contributed by atoms with Crippen molar-refractivity contribution >= 4 is 11.9 Å². The van der Waals surface area contributed by atoms with Crippen LogP contribution in [-0.4, -0.2) is 54.2 Å². The van der Waals surface area contributed by atoms with Crippen molar-refractivity contribution in [2.45, 2.75) is 38.6 Å². The van der Waals surface area contributed by atoms with Crippen molar-refractivity contribution in [3.63, 3.8) is 0 Å². The quantitative estimate of drug-likeness (QED) is 0.654. The first-order valence-electron chi connectivity index (χ1n) is 6.88. The van der Waals surface area contributed by atoms with Crippen LogP contribution in [0.15, 0.2) is 0 Å². The first-order chi connectivity index (χ1) is 9.06. The van der Waals surface area contributed by atoms with Gasteiger partial charge in [-0.3, -0.25) is 14.5 Å². The molecule has 0 aromatic carbocycles. The molecule has 110 valence electrons. The van der Waals surface area contributed by atoms with Crippen LogP contribution in [0.4, 0.5) is 0 Å². The van der Waals surface area contributed by atoms with E-state index in [0.29, 0.717) is 19.1 Å². The predicted molar refractivity (Wildman–Crippen MR) is 70.6 cm³/mol. The number of carbonyl (C=O) groups excluding carboxylic acids is 1. The topological polar surface area (TPSA) is 92.9 Å². The van der Waals surface area contributed by atoms with E-state index in [1.807, 2.05) is 0 Å². The molecular weight excluding hydrogens is 248 g/mol. The van der Waals surface area contributed by atoms with Crippen LogP contribution < -0.4 is 5.73 Å². The summed E-state index contributed by atoms with van der Waals surface area (Å²) in [7, 11) is 0. The van der Waals surface area contributed by atoms with Crippen molar-refractivity contribution in [2.75, 3.05) is 26.2 Å². The van der Waals surface area contributed by atoms with Gasteiger partial charge in [0.25, 0.3) is 0 Å². The van der Waals surface area contributed by atoms with Gasteiger partial charge in [0.05, 0.1) is 19.7 Å². The second-order valence-electron chi connectivity index (χ2n) is 5.01. The number of hydrogen-bond donors (Lipinski definition) is 2. The average molecular weight is 272 g/mol. The normalized spacial score (nSPS) is 23.3. The van der Waals surface area contributed by atoms with Gasteiger partial charge in [-0.05, 0) is 45.1 Å². The second-order valence-corrected chi connectivity index (χ2v) is 5.01. The third-order valence-corrected chi connectivity index (χ3v) is 3.64. The van der Waals surface area contributed by atoms with Gasteiger partial charge in [-0.2, -0.15) is 0 Å². The number of hydrogen-bond acceptors (Lipinski definition) is 5. The lowest BCUT2D eigenvalue weighted by atomic mass is 9.85. The number of carboxylic acid groups (broad SMARTS) is 1. The van der Waals surface area contributed by atoms with E-state index >= 15 is 0 Å². The van der Waals surface area contributed by atoms with Gasteiger partial charge >= 0.3 is 11.9 Å². The summed E-state index contributed by atoms with van der Waals surface area (Å²) >= 11 is 0. The van der Waals surface area contributed by atoms with Gasteiger partial charge in [0.1, 0.15) is 0 Å². The van der Waals surface area contributed by atoms with Crippen LogP contribution >= 0.6 is 0 Å². The first kappa shape index (κ1) is 15.9. The van der Waals surface area contributed by atoms with E-state index in [9.17, 15) is 9.59 Å². The van der Waals surface area contributed by atoms with E-state index in [0.717, 1.165) is 25.7 Å². The number of carboxylic acids is 1. The zero-order valence-electron chi connectivity index (χ0n) is 11.5. The summed E-state index contributed by atoms with van der Waals surface area (Å²) < 4.78 is 4.89. The fraction of sp³-hybridized carbons (Fsp3) is 0.846. The number of nitrogens with two attached hydrogens (primary N) is 1. The number of aliphatic carboxylic acids is 1. The minimum Gasteiger partial charge on any atom is -0.480 e. The van der Waals surface area contributed by atoms with Crippen LogP contribution in [0.2, 0.25) is 0 Å². The predicted octanol–water partition coefficient (Wildman–Crippen LogP) is 0.454. The highest BCUT2D eigenvalue weighted by atomic mass is 16.5. The summed E-state index contributed by atoms with van der Waals surface area (Å²) in [5, 5.41) is 8.94. The molecule has 0 unspecified atom stereocenters. The van der Waals surface area contributed by atoms with Gasteiger partial charge in [-0.25, -0.2) is 0 Å². The number of ether oxygens (including phenoxy) is 1. The molecule has 0 spiro atoms. The Morgan fingerprint density at radius 2 is 1.89 bits per heavy atom. The molecule has 1 fully saturated rings. The van der Waals surface area contributed by atoms with Gasteiger partial charge in [0, 0.05) is 6.04 Å². The maximum Gasteiger partial charge on any atom is 0.320 e. The van der Waals surface area contributed by atoms with Crippen molar-refractivity contribution in [1.29, 1.82) is 0 Å². The van der Waals surface area contributed by atoms with E-state index in [1.54, 1.807) is 11.8 Å².